The molecule has 0 unspecified atom stereocenters. The molecule has 1 aliphatic rings. The van der Waals surface area contributed by atoms with Crippen LogP contribution in [0.2, 0.25) is 0 Å². The zero-order valence-corrected chi connectivity index (χ0v) is 18.2. The van der Waals surface area contributed by atoms with Crippen molar-refractivity contribution in [3.05, 3.63) is 57.9 Å². The summed E-state index contributed by atoms with van der Waals surface area (Å²) in [6, 6.07) is 3.86. The van der Waals surface area contributed by atoms with E-state index in [9.17, 15) is 26.7 Å². The lowest BCUT2D eigenvalue weighted by Gasteiger charge is -2.22. The van der Waals surface area contributed by atoms with E-state index in [-0.39, 0.29) is 28.6 Å². The molecule has 0 aromatic carbocycles. The number of ether oxygens (including phenoxy) is 1. The zero-order valence-electron chi connectivity index (χ0n) is 18.2. The molecule has 0 bridgehead atoms. The smallest absolute Gasteiger partial charge is 0.404 e. The van der Waals surface area contributed by atoms with E-state index in [0.29, 0.717) is 5.56 Å². The van der Waals surface area contributed by atoms with Crippen LogP contribution in [0.4, 0.5) is 22.0 Å². The molecule has 3 aromatic rings. The van der Waals surface area contributed by atoms with Crippen molar-refractivity contribution in [2.24, 2.45) is 7.05 Å². The van der Waals surface area contributed by atoms with Crippen LogP contribution in [-0.2, 0) is 13.6 Å². The van der Waals surface area contributed by atoms with E-state index in [4.69, 9.17) is 0 Å². The van der Waals surface area contributed by atoms with Crippen molar-refractivity contribution in [3.8, 4) is 17.0 Å². The summed E-state index contributed by atoms with van der Waals surface area (Å²) in [4.78, 5) is 17.2. The molecule has 0 N–H and O–H groups in total. The average molecular weight is 483 g/mol. The highest BCUT2D eigenvalue weighted by molar-refractivity contribution is 5.62. The SMILES string of the molecule is Cn1ncc(-c2cc(C3CCCCC3)c(=O)n(Cc3ncccc3OC(F)(F)F)n2)c1C(F)F. The Balaban J connectivity index is 1.83. The van der Waals surface area contributed by atoms with E-state index in [1.54, 1.807) is 0 Å². The van der Waals surface area contributed by atoms with Gasteiger partial charge in [-0.1, -0.05) is 19.3 Å². The number of rotatable bonds is 6. The first-order chi connectivity index (χ1) is 16.1. The number of hydrogen-bond acceptors (Lipinski definition) is 5. The second-order valence-electron chi connectivity index (χ2n) is 8.15. The lowest BCUT2D eigenvalue weighted by atomic mass is 9.84. The summed E-state index contributed by atoms with van der Waals surface area (Å²) in [5.41, 5.74) is -0.494. The normalized spacial score (nSPS) is 15.1. The van der Waals surface area contributed by atoms with Crippen molar-refractivity contribution in [3.63, 3.8) is 0 Å². The highest BCUT2D eigenvalue weighted by Crippen LogP contribution is 2.34. The molecule has 12 heteroatoms. The quantitative estimate of drug-likeness (QED) is 0.463. The summed E-state index contributed by atoms with van der Waals surface area (Å²) in [5.74, 6) is -0.668. The topological polar surface area (TPSA) is 74.8 Å². The van der Waals surface area contributed by atoms with E-state index in [0.717, 1.165) is 47.5 Å². The first-order valence-corrected chi connectivity index (χ1v) is 10.8. The maximum Gasteiger partial charge on any atom is 0.573 e. The largest absolute Gasteiger partial charge is 0.573 e. The predicted octanol–water partition coefficient (Wildman–Crippen LogP) is 4.97. The van der Waals surface area contributed by atoms with Gasteiger partial charge in [0.2, 0.25) is 0 Å². The molecule has 1 saturated carbocycles. The van der Waals surface area contributed by atoms with Crippen LogP contribution in [0.5, 0.6) is 5.75 Å². The summed E-state index contributed by atoms with van der Waals surface area (Å²) >= 11 is 0. The highest BCUT2D eigenvalue weighted by atomic mass is 19.4. The molecular formula is C22H22F5N5O2. The second kappa shape index (κ2) is 9.51. The molecule has 0 spiro atoms. The summed E-state index contributed by atoms with van der Waals surface area (Å²) in [6.07, 6.45) is -0.917. The molecule has 0 amide bonds. The average Bonchev–Trinajstić information content (AvgIpc) is 3.18. The van der Waals surface area contributed by atoms with Gasteiger partial charge in [-0.15, -0.1) is 13.2 Å². The van der Waals surface area contributed by atoms with Gasteiger partial charge in [0.05, 0.1) is 18.4 Å². The fraction of sp³-hybridized carbons (Fsp3) is 0.455. The van der Waals surface area contributed by atoms with Crippen molar-refractivity contribution >= 4 is 0 Å². The van der Waals surface area contributed by atoms with Crippen LogP contribution in [0.3, 0.4) is 0 Å². The van der Waals surface area contributed by atoms with Crippen LogP contribution < -0.4 is 10.3 Å². The van der Waals surface area contributed by atoms with E-state index in [1.807, 2.05) is 0 Å². The lowest BCUT2D eigenvalue weighted by molar-refractivity contribution is -0.275. The van der Waals surface area contributed by atoms with Gasteiger partial charge in [-0.25, -0.2) is 13.5 Å². The van der Waals surface area contributed by atoms with Crippen molar-refractivity contribution in [2.45, 2.75) is 57.4 Å². The Morgan fingerprint density at radius 1 is 1.21 bits per heavy atom. The Hall–Kier alpha value is -3.31. The van der Waals surface area contributed by atoms with E-state index < -0.39 is 30.6 Å². The lowest BCUT2D eigenvalue weighted by Crippen LogP contribution is -2.30. The van der Waals surface area contributed by atoms with Crippen LogP contribution >= 0.6 is 0 Å². The molecular weight excluding hydrogens is 461 g/mol. The van der Waals surface area contributed by atoms with Gasteiger partial charge in [-0.05, 0) is 37.0 Å². The van der Waals surface area contributed by atoms with Crippen LogP contribution in [0.15, 0.2) is 35.4 Å². The third-order valence-corrected chi connectivity index (χ3v) is 5.89. The maximum atomic E-state index is 13.7. The summed E-state index contributed by atoms with van der Waals surface area (Å²) in [7, 11) is 1.37. The number of pyridine rings is 1. The van der Waals surface area contributed by atoms with Gasteiger partial charge < -0.3 is 4.74 Å². The number of hydrogen-bond donors (Lipinski definition) is 0. The van der Waals surface area contributed by atoms with E-state index >= 15 is 0 Å². The Morgan fingerprint density at radius 3 is 2.62 bits per heavy atom. The molecule has 0 saturated heterocycles. The summed E-state index contributed by atoms with van der Waals surface area (Å²) < 4.78 is 72.0. The molecule has 1 aliphatic carbocycles. The molecule has 0 atom stereocenters. The molecule has 182 valence electrons. The maximum absolute atomic E-state index is 13.7. The van der Waals surface area contributed by atoms with Gasteiger partial charge in [-0.3, -0.25) is 14.5 Å². The number of aryl methyl sites for hydroxylation is 1. The molecule has 4 rings (SSSR count). The third kappa shape index (κ3) is 5.10. The van der Waals surface area contributed by atoms with Crippen molar-refractivity contribution < 1.29 is 26.7 Å². The zero-order chi connectivity index (χ0) is 24.5. The van der Waals surface area contributed by atoms with Crippen molar-refractivity contribution in [1.82, 2.24) is 24.5 Å². The summed E-state index contributed by atoms with van der Waals surface area (Å²) in [6.45, 7) is -0.428. The minimum atomic E-state index is -4.95. The minimum absolute atomic E-state index is 0.0519. The van der Waals surface area contributed by atoms with Crippen LogP contribution in [0.25, 0.3) is 11.3 Å². The summed E-state index contributed by atoms with van der Waals surface area (Å²) in [5, 5.41) is 8.13. The molecule has 34 heavy (non-hydrogen) atoms. The van der Waals surface area contributed by atoms with Gasteiger partial charge in [0.1, 0.15) is 11.4 Å². The first-order valence-electron chi connectivity index (χ1n) is 10.8. The number of halogens is 5. The Kier molecular flexibility index (Phi) is 6.67. The standard InChI is InChI=1S/C22H22F5N5O2/c1-31-19(20(23)24)15(11-29-31)16-10-14(13-6-3-2-4-7-13)21(33)32(30-16)12-17-18(8-5-9-28-17)34-22(25,26)27/h5,8-11,13,20H,2-4,6-7,12H2,1H3. The van der Waals surface area contributed by atoms with Gasteiger partial charge >= 0.3 is 6.36 Å². The minimum Gasteiger partial charge on any atom is -0.404 e. The highest BCUT2D eigenvalue weighted by Gasteiger charge is 2.32. The molecule has 3 heterocycles. The predicted molar refractivity (Wildman–Crippen MR) is 112 cm³/mol. The van der Waals surface area contributed by atoms with Gasteiger partial charge in [0, 0.05) is 24.4 Å². The second-order valence-corrected chi connectivity index (χ2v) is 8.15. The molecule has 0 radical (unpaired) electrons. The monoisotopic (exact) mass is 483 g/mol. The van der Waals surface area contributed by atoms with Crippen molar-refractivity contribution in [1.29, 1.82) is 0 Å². The molecule has 1 fully saturated rings. The van der Waals surface area contributed by atoms with E-state index in [1.165, 1.54) is 31.6 Å². The molecule has 0 aliphatic heterocycles. The van der Waals surface area contributed by atoms with Crippen molar-refractivity contribution in [2.75, 3.05) is 0 Å². The number of alkyl halides is 5. The fourth-order valence-corrected chi connectivity index (χ4v) is 4.31. The molecule has 3 aromatic heterocycles. The van der Waals surface area contributed by atoms with Crippen LogP contribution in [0, 0.1) is 0 Å². The Morgan fingerprint density at radius 2 is 1.94 bits per heavy atom. The Bertz CT molecular complexity index is 1220. The van der Waals surface area contributed by atoms with E-state index in [2.05, 4.69) is 19.9 Å². The fourth-order valence-electron chi connectivity index (χ4n) is 4.31. The first kappa shape index (κ1) is 23.8. The van der Waals surface area contributed by atoms with Gasteiger partial charge in [0.25, 0.3) is 12.0 Å². The number of nitrogens with zero attached hydrogens (tertiary/aromatic N) is 5. The number of aromatic nitrogens is 5. The van der Waals surface area contributed by atoms with Gasteiger partial charge in [0.15, 0.2) is 5.75 Å². The Labute approximate surface area is 191 Å². The van der Waals surface area contributed by atoms with Crippen LogP contribution in [0.1, 0.15) is 61.4 Å². The third-order valence-electron chi connectivity index (χ3n) is 5.89. The molecule has 7 nitrogen and oxygen atoms in total. The van der Waals surface area contributed by atoms with Gasteiger partial charge in [-0.2, -0.15) is 10.2 Å². The van der Waals surface area contributed by atoms with Crippen LogP contribution in [-0.4, -0.2) is 30.9 Å².